The zero-order valence-corrected chi connectivity index (χ0v) is 45.5. The zero-order valence-electron chi connectivity index (χ0n) is 45.5. The maximum atomic E-state index is 12.8. The van der Waals surface area contributed by atoms with Gasteiger partial charge in [-0.1, -0.05) is 239 Å². The Morgan fingerprint density at radius 3 is 0.900 bits per heavy atom. The molecule has 0 aromatic heterocycles. The molecule has 0 aromatic carbocycles. The molecule has 0 saturated carbocycles. The molecule has 1 atom stereocenters. The molecule has 0 aromatic rings. The zero-order chi connectivity index (χ0) is 50.7. The summed E-state index contributed by atoms with van der Waals surface area (Å²) in [6.45, 7) is 6.42. The molecule has 0 aliphatic heterocycles. The largest absolute Gasteiger partial charge is 0.462 e. The van der Waals surface area contributed by atoms with Gasteiger partial charge >= 0.3 is 17.9 Å². The molecular formula is C64H106O6. The second kappa shape index (κ2) is 57.6. The second-order valence-electron chi connectivity index (χ2n) is 18.8. The highest BCUT2D eigenvalue weighted by atomic mass is 16.6. The monoisotopic (exact) mass is 971 g/mol. The predicted octanol–water partition coefficient (Wildman–Crippen LogP) is 19.5. The summed E-state index contributed by atoms with van der Waals surface area (Å²) in [5, 5.41) is 0. The van der Waals surface area contributed by atoms with Crippen LogP contribution in [0.25, 0.3) is 0 Å². The summed E-state index contributed by atoms with van der Waals surface area (Å²) in [7, 11) is 0. The Bertz CT molecular complexity index is 1440. The van der Waals surface area contributed by atoms with E-state index in [1.165, 1.54) is 96.3 Å². The van der Waals surface area contributed by atoms with Gasteiger partial charge in [-0.2, -0.15) is 0 Å². The van der Waals surface area contributed by atoms with Gasteiger partial charge in [0.15, 0.2) is 6.10 Å². The molecular weight excluding hydrogens is 865 g/mol. The van der Waals surface area contributed by atoms with Crippen LogP contribution in [0.3, 0.4) is 0 Å². The number of rotatable bonds is 51. The van der Waals surface area contributed by atoms with Crippen LogP contribution in [0.15, 0.2) is 109 Å². The SMILES string of the molecule is CC/C=C\C/C=C\C/C=C\C/C=C\C/C=C\C/C=C\C/C=C\CCCCCCCCCC(=O)OCC(COC(=O)CCCCCCCC)OC(=O)CCCCCCCCC/C=C\C/C=C\CCCCC. The van der Waals surface area contributed by atoms with E-state index in [1.807, 2.05) is 0 Å². The standard InChI is InChI=1S/C64H106O6/c1-4-7-10-13-16-18-20-22-24-26-27-28-29-30-31-32-33-34-35-36-37-39-40-42-44-46-48-51-54-57-63(66)69-60-61(59-68-62(65)56-53-50-15-12-9-6-3)70-64(67)58-55-52-49-47-45-43-41-38-25-23-21-19-17-14-11-8-5-2/h7,10,16-19,22-25,27-28,30-31,33-34,36-37,61H,4-6,8-9,11-15,20-21,26,29,32,35,38-60H2,1-3H3/b10-7-,18-16-,19-17-,24-22-,25-23-,28-27-,31-30-,34-33-,37-36-. The number of carbonyl (C=O) groups excluding carboxylic acids is 3. The molecule has 0 heterocycles. The van der Waals surface area contributed by atoms with Crippen LogP contribution in [0, 0.1) is 0 Å². The first-order valence-corrected chi connectivity index (χ1v) is 28.9. The number of hydrogen-bond acceptors (Lipinski definition) is 6. The minimum atomic E-state index is -0.785. The van der Waals surface area contributed by atoms with E-state index in [-0.39, 0.29) is 31.1 Å². The molecule has 0 N–H and O–H groups in total. The third kappa shape index (κ3) is 55.0. The summed E-state index contributed by atoms with van der Waals surface area (Å²) in [6, 6.07) is 0. The average Bonchev–Trinajstić information content (AvgIpc) is 3.36. The Morgan fingerprint density at radius 1 is 0.300 bits per heavy atom. The molecule has 0 aliphatic carbocycles. The van der Waals surface area contributed by atoms with Crippen molar-refractivity contribution in [1.29, 1.82) is 0 Å². The van der Waals surface area contributed by atoms with E-state index < -0.39 is 6.10 Å². The second-order valence-corrected chi connectivity index (χ2v) is 18.8. The van der Waals surface area contributed by atoms with Crippen LogP contribution in [0.4, 0.5) is 0 Å². The van der Waals surface area contributed by atoms with Crippen LogP contribution in [-0.4, -0.2) is 37.2 Å². The third-order valence-electron chi connectivity index (χ3n) is 12.0. The Hall–Kier alpha value is -3.93. The maximum Gasteiger partial charge on any atom is 0.306 e. The summed E-state index contributed by atoms with van der Waals surface area (Å²) in [6.07, 6.45) is 78.2. The highest BCUT2D eigenvalue weighted by Crippen LogP contribution is 2.14. The summed E-state index contributed by atoms with van der Waals surface area (Å²) in [5.41, 5.74) is 0. The van der Waals surface area contributed by atoms with Crippen molar-refractivity contribution in [3.63, 3.8) is 0 Å². The van der Waals surface area contributed by atoms with Crippen LogP contribution in [-0.2, 0) is 28.6 Å². The molecule has 0 amide bonds. The molecule has 0 bridgehead atoms. The van der Waals surface area contributed by atoms with Gasteiger partial charge in [0.1, 0.15) is 13.2 Å². The quantitative estimate of drug-likeness (QED) is 0.0262. The van der Waals surface area contributed by atoms with Crippen LogP contribution in [0.5, 0.6) is 0 Å². The number of carbonyl (C=O) groups is 3. The van der Waals surface area contributed by atoms with Gasteiger partial charge in [0, 0.05) is 19.3 Å². The van der Waals surface area contributed by atoms with Gasteiger partial charge in [-0.25, -0.2) is 0 Å². The van der Waals surface area contributed by atoms with Crippen LogP contribution in [0.2, 0.25) is 0 Å². The number of ether oxygens (including phenoxy) is 3. The van der Waals surface area contributed by atoms with E-state index in [2.05, 4.69) is 130 Å². The number of hydrogen-bond donors (Lipinski definition) is 0. The van der Waals surface area contributed by atoms with Crippen molar-refractivity contribution in [1.82, 2.24) is 0 Å². The van der Waals surface area contributed by atoms with Gasteiger partial charge in [-0.3, -0.25) is 14.4 Å². The van der Waals surface area contributed by atoms with E-state index in [9.17, 15) is 14.4 Å². The lowest BCUT2D eigenvalue weighted by atomic mass is 10.1. The van der Waals surface area contributed by atoms with Crippen LogP contribution in [0.1, 0.15) is 258 Å². The smallest absolute Gasteiger partial charge is 0.306 e. The van der Waals surface area contributed by atoms with Gasteiger partial charge in [0.2, 0.25) is 0 Å². The van der Waals surface area contributed by atoms with E-state index in [4.69, 9.17) is 14.2 Å². The van der Waals surface area contributed by atoms with Gasteiger partial charge in [0.25, 0.3) is 0 Å². The Kier molecular flexibility index (Phi) is 54.4. The van der Waals surface area contributed by atoms with Crippen molar-refractivity contribution >= 4 is 17.9 Å². The van der Waals surface area contributed by atoms with Gasteiger partial charge in [-0.15, -0.1) is 0 Å². The fourth-order valence-corrected chi connectivity index (χ4v) is 7.69. The first-order valence-electron chi connectivity index (χ1n) is 28.9. The lowest BCUT2D eigenvalue weighted by Crippen LogP contribution is -2.30. The summed E-state index contributed by atoms with van der Waals surface area (Å²) >= 11 is 0. The van der Waals surface area contributed by atoms with Gasteiger partial charge in [0.05, 0.1) is 0 Å². The van der Waals surface area contributed by atoms with Crippen molar-refractivity contribution in [3.8, 4) is 0 Å². The van der Waals surface area contributed by atoms with Crippen molar-refractivity contribution in [2.75, 3.05) is 13.2 Å². The van der Waals surface area contributed by atoms with Crippen LogP contribution < -0.4 is 0 Å². The van der Waals surface area contributed by atoms with Crippen molar-refractivity contribution in [3.05, 3.63) is 109 Å². The lowest BCUT2D eigenvalue weighted by molar-refractivity contribution is -0.167. The summed E-state index contributed by atoms with van der Waals surface area (Å²) in [5.74, 6) is -0.915. The molecule has 0 fully saturated rings. The van der Waals surface area contributed by atoms with Gasteiger partial charge < -0.3 is 14.2 Å². The lowest BCUT2D eigenvalue weighted by Gasteiger charge is -2.18. The molecule has 0 radical (unpaired) electrons. The summed E-state index contributed by atoms with van der Waals surface area (Å²) in [4.78, 5) is 37.9. The van der Waals surface area contributed by atoms with E-state index in [0.717, 1.165) is 122 Å². The van der Waals surface area contributed by atoms with Gasteiger partial charge in [-0.05, 0) is 109 Å². The number of esters is 3. The fourth-order valence-electron chi connectivity index (χ4n) is 7.69. The predicted molar refractivity (Wildman–Crippen MR) is 302 cm³/mol. The number of allylic oxidation sites excluding steroid dienone is 18. The molecule has 6 nitrogen and oxygen atoms in total. The van der Waals surface area contributed by atoms with E-state index >= 15 is 0 Å². The molecule has 0 rings (SSSR count). The molecule has 70 heavy (non-hydrogen) atoms. The highest BCUT2D eigenvalue weighted by Gasteiger charge is 2.19. The maximum absolute atomic E-state index is 12.8. The minimum absolute atomic E-state index is 0.0854. The first-order chi connectivity index (χ1) is 34.5. The van der Waals surface area contributed by atoms with Crippen molar-refractivity contribution in [2.24, 2.45) is 0 Å². The average molecular weight is 972 g/mol. The minimum Gasteiger partial charge on any atom is -0.462 e. The molecule has 0 saturated heterocycles. The molecule has 6 heteroatoms. The molecule has 398 valence electrons. The Balaban J connectivity index is 4.18. The van der Waals surface area contributed by atoms with Crippen LogP contribution >= 0.6 is 0 Å². The Labute approximate surface area is 431 Å². The van der Waals surface area contributed by atoms with E-state index in [0.29, 0.717) is 19.3 Å². The molecule has 1 unspecified atom stereocenters. The third-order valence-corrected chi connectivity index (χ3v) is 12.0. The fraction of sp³-hybridized carbons (Fsp3) is 0.672. The van der Waals surface area contributed by atoms with Crippen molar-refractivity contribution in [2.45, 2.75) is 264 Å². The molecule has 0 spiro atoms. The summed E-state index contributed by atoms with van der Waals surface area (Å²) < 4.78 is 16.7. The molecule has 0 aliphatic rings. The van der Waals surface area contributed by atoms with Crippen molar-refractivity contribution < 1.29 is 28.6 Å². The Morgan fingerprint density at radius 2 is 0.557 bits per heavy atom. The van der Waals surface area contributed by atoms with E-state index in [1.54, 1.807) is 0 Å². The number of unbranched alkanes of at least 4 members (excludes halogenated alkanes) is 22. The highest BCUT2D eigenvalue weighted by molar-refractivity contribution is 5.71. The first kappa shape index (κ1) is 66.1. The normalized spacial score (nSPS) is 12.9. The topological polar surface area (TPSA) is 78.9 Å².